The summed E-state index contributed by atoms with van der Waals surface area (Å²) >= 11 is 0. The summed E-state index contributed by atoms with van der Waals surface area (Å²) < 4.78 is 13.8. The molecular weight excluding hydrogens is 367 g/mol. The summed E-state index contributed by atoms with van der Waals surface area (Å²) in [6, 6.07) is 11.5. The highest BCUT2D eigenvalue weighted by Gasteiger charge is 2.34. The van der Waals surface area contributed by atoms with Crippen molar-refractivity contribution in [1.82, 2.24) is 0 Å². The third kappa shape index (κ3) is 5.23. The summed E-state index contributed by atoms with van der Waals surface area (Å²) in [5, 5.41) is 0. The van der Waals surface area contributed by atoms with E-state index in [1.54, 1.807) is 30.3 Å². The molecule has 1 aliphatic carbocycles. The highest BCUT2D eigenvalue weighted by molar-refractivity contribution is 5.94. The van der Waals surface area contributed by atoms with Crippen molar-refractivity contribution in [2.75, 3.05) is 0 Å². The minimum atomic E-state index is -0.515. The van der Waals surface area contributed by atoms with Crippen molar-refractivity contribution in [3.8, 4) is 11.8 Å². The molecule has 2 aromatic carbocycles. The van der Waals surface area contributed by atoms with Crippen molar-refractivity contribution in [3.05, 3.63) is 70.5 Å². The average molecular weight is 392 g/mol. The normalized spacial score (nSPS) is 15.2. The van der Waals surface area contributed by atoms with Crippen LogP contribution < -0.4 is 11.5 Å². The average Bonchev–Trinajstić information content (AvgIpc) is 2.67. The fourth-order valence-electron chi connectivity index (χ4n) is 4.25. The van der Waals surface area contributed by atoms with E-state index >= 15 is 0 Å². The monoisotopic (exact) mass is 392 g/mol. The van der Waals surface area contributed by atoms with Crippen LogP contribution in [0.25, 0.3) is 0 Å². The molecule has 5 heteroatoms. The van der Waals surface area contributed by atoms with Crippen molar-refractivity contribution >= 4 is 11.8 Å². The van der Waals surface area contributed by atoms with E-state index < -0.39 is 5.91 Å². The molecule has 29 heavy (non-hydrogen) atoms. The van der Waals surface area contributed by atoms with Gasteiger partial charge in [0, 0.05) is 17.5 Å². The lowest BCUT2D eigenvalue weighted by molar-refractivity contribution is -0.120. The predicted molar refractivity (Wildman–Crippen MR) is 110 cm³/mol. The van der Waals surface area contributed by atoms with Crippen LogP contribution in [-0.4, -0.2) is 11.8 Å². The van der Waals surface area contributed by atoms with Gasteiger partial charge in [0.15, 0.2) is 0 Å². The zero-order chi connectivity index (χ0) is 20.9. The smallest absolute Gasteiger partial charge is 0.248 e. The summed E-state index contributed by atoms with van der Waals surface area (Å²) in [4.78, 5) is 23.7. The lowest BCUT2D eigenvalue weighted by Crippen LogP contribution is -2.33. The molecule has 4 N–H and O–H groups in total. The Balaban J connectivity index is 1.96. The molecular formula is C24H25FN2O2. The number of halogens is 1. The van der Waals surface area contributed by atoms with Gasteiger partial charge in [-0.05, 0) is 60.6 Å². The number of hydrogen-bond acceptors (Lipinski definition) is 2. The number of carbonyl (C=O) groups is 2. The number of primary amides is 2. The van der Waals surface area contributed by atoms with Crippen LogP contribution in [0.3, 0.4) is 0 Å². The van der Waals surface area contributed by atoms with Gasteiger partial charge in [0.05, 0.1) is 5.56 Å². The van der Waals surface area contributed by atoms with Crippen LogP contribution in [0.1, 0.15) is 65.6 Å². The maximum atomic E-state index is 13.8. The standard InChI is InChI=1S/C24H25FN2O2/c25-21-7-3-2-6-18(21)10-8-17-9-11-20(23(27)29)19(14-17)15-24(16-22(26)28)12-4-1-5-13-24/h2-3,6-7,9,11,14H,1,4-5,12-13,15-16H2,(H2,26,28)(H2,27,29). The lowest BCUT2D eigenvalue weighted by Gasteiger charge is -2.37. The molecule has 0 bridgehead atoms. The third-order valence-electron chi connectivity index (χ3n) is 5.61. The largest absolute Gasteiger partial charge is 0.370 e. The van der Waals surface area contributed by atoms with Gasteiger partial charge in [-0.3, -0.25) is 9.59 Å². The zero-order valence-corrected chi connectivity index (χ0v) is 16.3. The maximum Gasteiger partial charge on any atom is 0.248 e. The Morgan fingerprint density at radius 3 is 2.38 bits per heavy atom. The first-order valence-corrected chi connectivity index (χ1v) is 9.86. The fourth-order valence-corrected chi connectivity index (χ4v) is 4.25. The van der Waals surface area contributed by atoms with Crippen LogP contribution in [-0.2, 0) is 11.2 Å². The van der Waals surface area contributed by atoms with Crippen molar-refractivity contribution < 1.29 is 14.0 Å². The molecule has 1 fully saturated rings. The quantitative estimate of drug-likeness (QED) is 0.761. The SMILES string of the molecule is NC(=O)CC1(Cc2cc(C#Cc3ccccc3F)ccc2C(N)=O)CCCCC1. The Morgan fingerprint density at radius 2 is 1.72 bits per heavy atom. The van der Waals surface area contributed by atoms with Crippen LogP contribution in [0, 0.1) is 23.1 Å². The van der Waals surface area contributed by atoms with Crippen molar-refractivity contribution in [3.63, 3.8) is 0 Å². The van der Waals surface area contributed by atoms with E-state index in [4.69, 9.17) is 11.5 Å². The number of nitrogens with two attached hydrogens (primary N) is 2. The van der Waals surface area contributed by atoms with E-state index in [0.29, 0.717) is 23.1 Å². The first kappa shape index (κ1) is 20.6. The summed E-state index contributed by atoms with van der Waals surface area (Å²) in [7, 11) is 0. The first-order chi connectivity index (χ1) is 13.9. The second-order valence-corrected chi connectivity index (χ2v) is 7.85. The van der Waals surface area contributed by atoms with Gasteiger partial charge in [-0.15, -0.1) is 0 Å². The zero-order valence-electron chi connectivity index (χ0n) is 16.3. The third-order valence-corrected chi connectivity index (χ3v) is 5.61. The molecule has 0 spiro atoms. The predicted octanol–water partition coefficient (Wildman–Crippen LogP) is 3.69. The summed E-state index contributed by atoms with van der Waals surface area (Å²) in [5.41, 5.74) is 13.0. The molecule has 3 rings (SSSR count). The van der Waals surface area contributed by atoms with Crippen molar-refractivity contribution in [1.29, 1.82) is 0 Å². The molecule has 4 nitrogen and oxygen atoms in total. The molecule has 2 aromatic rings. The van der Waals surface area contributed by atoms with Crippen molar-refractivity contribution in [2.24, 2.45) is 16.9 Å². The summed E-state index contributed by atoms with van der Waals surface area (Å²) in [6.45, 7) is 0. The summed E-state index contributed by atoms with van der Waals surface area (Å²) in [6.07, 6.45) is 5.81. The molecule has 1 aliphatic rings. The van der Waals surface area contributed by atoms with Gasteiger partial charge < -0.3 is 11.5 Å². The highest BCUT2D eigenvalue weighted by Crippen LogP contribution is 2.42. The maximum absolute atomic E-state index is 13.8. The Morgan fingerprint density at radius 1 is 1.00 bits per heavy atom. The molecule has 150 valence electrons. The minimum Gasteiger partial charge on any atom is -0.370 e. The van der Waals surface area contributed by atoms with Gasteiger partial charge in [-0.2, -0.15) is 0 Å². The number of hydrogen-bond donors (Lipinski definition) is 2. The number of benzene rings is 2. The minimum absolute atomic E-state index is 0.258. The van der Waals surface area contributed by atoms with E-state index in [2.05, 4.69) is 11.8 Å². The Bertz CT molecular complexity index is 982. The van der Waals surface area contributed by atoms with E-state index in [9.17, 15) is 14.0 Å². The van der Waals surface area contributed by atoms with Crippen LogP contribution in [0.2, 0.25) is 0 Å². The van der Waals surface area contributed by atoms with Crippen molar-refractivity contribution in [2.45, 2.75) is 44.9 Å². The first-order valence-electron chi connectivity index (χ1n) is 9.86. The summed E-state index contributed by atoms with van der Waals surface area (Å²) in [5.74, 6) is 4.58. The van der Waals surface area contributed by atoms with E-state index in [0.717, 1.165) is 37.7 Å². The molecule has 0 unspecified atom stereocenters. The number of rotatable bonds is 5. The molecule has 1 saturated carbocycles. The molecule has 0 saturated heterocycles. The van der Waals surface area contributed by atoms with Crippen LogP contribution in [0.4, 0.5) is 4.39 Å². The van der Waals surface area contributed by atoms with E-state index in [1.165, 1.54) is 6.07 Å². The van der Waals surface area contributed by atoms with Gasteiger partial charge in [0.2, 0.25) is 11.8 Å². The fraction of sp³-hybridized carbons (Fsp3) is 0.333. The van der Waals surface area contributed by atoms with Crippen LogP contribution in [0.15, 0.2) is 42.5 Å². The number of carbonyl (C=O) groups excluding carboxylic acids is 2. The lowest BCUT2D eigenvalue weighted by atomic mass is 9.67. The molecule has 0 heterocycles. The van der Waals surface area contributed by atoms with Gasteiger partial charge in [0.1, 0.15) is 5.82 Å². The molecule has 0 aliphatic heterocycles. The van der Waals surface area contributed by atoms with Crippen LogP contribution in [0.5, 0.6) is 0 Å². The Labute approximate surface area is 170 Å². The highest BCUT2D eigenvalue weighted by atomic mass is 19.1. The molecule has 0 aromatic heterocycles. The van der Waals surface area contributed by atoms with Gasteiger partial charge in [0.25, 0.3) is 0 Å². The molecule has 2 amide bonds. The topological polar surface area (TPSA) is 86.2 Å². The second kappa shape index (κ2) is 8.91. The number of amides is 2. The van der Waals surface area contributed by atoms with Gasteiger partial charge in [-0.25, -0.2) is 4.39 Å². The Hall–Kier alpha value is -3.13. The van der Waals surface area contributed by atoms with Crippen LogP contribution >= 0.6 is 0 Å². The molecule has 0 atom stereocenters. The van der Waals surface area contributed by atoms with E-state index in [-0.39, 0.29) is 23.6 Å². The molecule has 0 radical (unpaired) electrons. The van der Waals surface area contributed by atoms with Gasteiger partial charge in [-0.1, -0.05) is 43.2 Å². The van der Waals surface area contributed by atoms with Gasteiger partial charge >= 0.3 is 0 Å². The second-order valence-electron chi connectivity index (χ2n) is 7.85. The van der Waals surface area contributed by atoms with E-state index in [1.807, 2.05) is 6.07 Å². The Kier molecular flexibility index (Phi) is 6.33.